The maximum absolute atomic E-state index is 9.01. The molecule has 0 N–H and O–H groups in total. The first-order valence-electron chi connectivity index (χ1n) is 5.64. The van der Waals surface area contributed by atoms with Gasteiger partial charge in [-0.3, -0.25) is 0 Å². The van der Waals surface area contributed by atoms with E-state index >= 15 is 0 Å². The van der Waals surface area contributed by atoms with E-state index < -0.39 is 0 Å². The predicted octanol–water partition coefficient (Wildman–Crippen LogP) is 2.82. The number of hydrogen-bond donors (Lipinski definition) is 0. The van der Waals surface area contributed by atoms with Crippen molar-refractivity contribution in [2.45, 2.75) is 33.2 Å². The van der Waals surface area contributed by atoms with Crippen LogP contribution in [-0.4, -0.2) is 18.1 Å². The van der Waals surface area contributed by atoms with Crippen molar-refractivity contribution >= 4 is 5.82 Å². The molecule has 0 bridgehead atoms. The number of pyridine rings is 1. The van der Waals surface area contributed by atoms with E-state index in [-0.39, 0.29) is 0 Å². The Hall–Kier alpha value is -1.56. The highest BCUT2D eigenvalue weighted by molar-refractivity contribution is 5.53. The Morgan fingerprint density at radius 3 is 2.69 bits per heavy atom. The fourth-order valence-electron chi connectivity index (χ4n) is 1.81. The smallest absolute Gasteiger partial charge is 0.146 e. The normalized spacial score (nSPS) is 12.2. The molecule has 0 radical (unpaired) electrons. The van der Waals surface area contributed by atoms with Crippen molar-refractivity contribution < 1.29 is 0 Å². The topological polar surface area (TPSA) is 39.9 Å². The minimum atomic E-state index is 0.391. The quantitative estimate of drug-likeness (QED) is 0.778. The van der Waals surface area contributed by atoms with Crippen molar-refractivity contribution in [3.8, 4) is 6.07 Å². The number of nitrogens with zero attached hydrogens (tertiary/aromatic N) is 3. The van der Waals surface area contributed by atoms with Gasteiger partial charge in [0, 0.05) is 19.3 Å². The minimum absolute atomic E-state index is 0.391. The van der Waals surface area contributed by atoms with Gasteiger partial charge in [0.05, 0.1) is 5.56 Å². The van der Waals surface area contributed by atoms with Gasteiger partial charge in [0.2, 0.25) is 0 Å². The molecule has 1 heterocycles. The van der Waals surface area contributed by atoms with E-state index in [1.165, 1.54) is 0 Å². The molecule has 16 heavy (non-hydrogen) atoms. The van der Waals surface area contributed by atoms with E-state index in [1.807, 2.05) is 7.05 Å². The van der Waals surface area contributed by atoms with Crippen LogP contribution >= 0.6 is 0 Å². The summed E-state index contributed by atoms with van der Waals surface area (Å²) in [5.41, 5.74) is 0.639. The van der Waals surface area contributed by atoms with Crippen LogP contribution in [0.3, 0.4) is 0 Å². The summed E-state index contributed by atoms with van der Waals surface area (Å²) in [6, 6.07) is 6.17. The van der Waals surface area contributed by atoms with Crippen molar-refractivity contribution in [1.29, 1.82) is 5.26 Å². The second-order valence-corrected chi connectivity index (χ2v) is 4.58. The maximum Gasteiger partial charge on any atom is 0.146 e. The Bertz CT molecular complexity index is 379. The van der Waals surface area contributed by atoms with E-state index in [9.17, 15) is 0 Å². The van der Waals surface area contributed by atoms with E-state index in [2.05, 4.69) is 36.7 Å². The monoisotopic (exact) mass is 217 g/mol. The van der Waals surface area contributed by atoms with Gasteiger partial charge in [-0.25, -0.2) is 4.98 Å². The summed E-state index contributed by atoms with van der Waals surface area (Å²) >= 11 is 0. The predicted molar refractivity (Wildman–Crippen MR) is 66.3 cm³/mol. The molecule has 0 aliphatic carbocycles. The number of hydrogen-bond acceptors (Lipinski definition) is 3. The zero-order valence-corrected chi connectivity index (χ0v) is 10.4. The molecular weight excluding hydrogens is 198 g/mol. The molecule has 1 unspecified atom stereocenters. The highest BCUT2D eigenvalue weighted by Gasteiger charge is 2.15. The summed E-state index contributed by atoms with van der Waals surface area (Å²) < 4.78 is 0. The standard InChI is InChI=1S/C13H19N3/c1-10(2)8-11(3)16(4)13-12(9-14)6-5-7-15-13/h5-7,10-11H,8H2,1-4H3. The molecule has 86 valence electrons. The highest BCUT2D eigenvalue weighted by atomic mass is 15.2. The molecular formula is C13H19N3. The third kappa shape index (κ3) is 2.96. The molecule has 3 heteroatoms. The number of aromatic nitrogens is 1. The summed E-state index contributed by atoms with van der Waals surface area (Å²) in [7, 11) is 2.00. The van der Waals surface area contributed by atoms with E-state index in [0.29, 0.717) is 17.5 Å². The summed E-state index contributed by atoms with van der Waals surface area (Å²) in [4.78, 5) is 6.36. The van der Waals surface area contributed by atoms with Crippen LogP contribution in [0.2, 0.25) is 0 Å². The van der Waals surface area contributed by atoms with Crippen molar-refractivity contribution in [2.75, 3.05) is 11.9 Å². The van der Waals surface area contributed by atoms with Crippen LogP contribution in [0.1, 0.15) is 32.8 Å². The summed E-state index contributed by atoms with van der Waals surface area (Å²) in [5, 5.41) is 9.01. The second kappa shape index (κ2) is 5.50. The van der Waals surface area contributed by atoms with Crippen molar-refractivity contribution in [3.05, 3.63) is 23.9 Å². The average molecular weight is 217 g/mol. The van der Waals surface area contributed by atoms with Gasteiger partial charge in [-0.15, -0.1) is 0 Å². The van der Waals surface area contributed by atoms with Crippen LogP contribution in [0.4, 0.5) is 5.82 Å². The maximum atomic E-state index is 9.01. The van der Waals surface area contributed by atoms with Gasteiger partial charge < -0.3 is 4.90 Å². The number of nitriles is 1. The SMILES string of the molecule is CC(C)CC(C)N(C)c1ncccc1C#N. The van der Waals surface area contributed by atoms with Crippen molar-refractivity contribution in [2.24, 2.45) is 5.92 Å². The molecule has 3 nitrogen and oxygen atoms in total. The molecule has 1 rings (SSSR count). The molecule has 1 atom stereocenters. The van der Waals surface area contributed by atoms with Gasteiger partial charge in [0.25, 0.3) is 0 Å². The highest BCUT2D eigenvalue weighted by Crippen LogP contribution is 2.19. The molecule has 0 fully saturated rings. The first kappa shape index (κ1) is 12.5. The third-order valence-electron chi connectivity index (χ3n) is 2.71. The van der Waals surface area contributed by atoms with Crippen LogP contribution in [0, 0.1) is 17.2 Å². The fourth-order valence-corrected chi connectivity index (χ4v) is 1.81. The summed E-state index contributed by atoms with van der Waals surface area (Å²) in [5.74, 6) is 1.42. The van der Waals surface area contributed by atoms with Gasteiger partial charge in [-0.05, 0) is 31.4 Å². The minimum Gasteiger partial charge on any atom is -0.356 e. The van der Waals surface area contributed by atoms with Gasteiger partial charge in [-0.2, -0.15) is 5.26 Å². The lowest BCUT2D eigenvalue weighted by Gasteiger charge is -2.27. The van der Waals surface area contributed by atoms with Crippen LogP contribution in [0.15, 0.2) is 18.3 Å². The lowest BCUT2D eigenvalue weighted by Crippen LogP contribution is -2.31. The largest absolute Gasteiger partial charge is 0.356 e. The molecule has 1 aromatic heterocycles. The van der Waals surface area contributed by atoms with E-state index in [4.69, 9.17) is 5.26 Å². The zero-order chi connectivity index (χ0) is 12.1. The Morgan fingerprint density at radius 2 is 2.12 bits per heavy atom. The summed E-state index contributed by atoms with van der Waals surface area (Å²) in [6.45, 7) is 6.57. The molecule has 1 aromatic rings. The third-order valence-corrected chi connectivity index (χ3v) is 2.71. The molecule has 0 aliphatic rings. The Labute approximate surface area is 97.7 Å². The Balaban J connectivity index is 2.88. The van der Waals surface area contributed by atoms with Crippen LogP contribution in [0.25, 0.3) is 0 Å². The van der Waals surface area contributed by atoms with Crippen LogP contribution in [-0.2, 0) is 0 Å². The fraction of sp³-hybridized carbons (Fsp3) is 0.538. The lowest BCUT2D eigenvalue weighted by atomic mass is 10.0. The summed E-state index contributed by atoms with van der Waals surface area (Å²) in [6.07, 6.45) is 2.83. The van der Waals surface area contributed by atoms with Gasteiger partial charge >= 0.3 is 0 Å². The average Bonchev–Trinajstić information content (AvgIpc) is 2.27. The second-order valence-electron chi connectivity index (χ2n) is 4.58. The molecule has 0 aromatic carbocycles. The molecule has 0 saturated carbocycles. The number of rotatable bonds is 4. The number of anilines is 1. The molecule has 0 saturated heterocycles. The van der Waals surface area contributed by atoms with E-state index in [0.717, 1.165) is 12.2 Å². The zero-order valence-electron chi connectivity index (χ0n) is 10.4. The van der Waals surface area contributed by atoms with Crippen LogP contribution < -0.4 is 4.90 Å². The first-order valence-corrected chi connectivity index (χ1v) is 5.64. The van der Waals surface area contributed by atoms with Gasteiger partial charge in [0.1, 0.15) is 11.9 Å². The van der Waals surface area contributed by atoms with Gasteiger partial charge in [-0.1, -0.05) is 13.8 Å². The Morgan fingerprint density at radius 1 is 1.44 bits per heavy atom. The van der Waals surface area contributed by atoms with Crippen molar-refractivity contribution in [1.82, 2.24) is 4.98 Å². The van der Waals surface area contributed by atoms with Crippen molar-refractivity contribution in [3.63, 3.8) is 0 Å². The molecule has 0 amide bonds. The Kier molecular flexibility index (Phi) is 4.30. The molecule has 0 aliphatic heterocycles. The van der Waals surface area contributed by atoms with E-state index in [1.54, 1.807) is 18.3 Å². The van der Waals surface area contributed by atoms with Crippen LogP contribution in [0.5, 0.6) is 0 Å². The first-order chi connectivity index (χ1) is 7.56. The lowest BCUT2D eigenvalue weighted by molar-refractivity contribution is 0.502. The molecule has 0 spiro atoms. The van der Waals surface area contributed by atoms with Gasteiger partial charge in [0.15, 0.2) is 0 Å².